The Hall–Kier alpha value is -3.66. The van der Waals surface area contributed by atoms with E-state index >= 15 is 0 Å². The van der Waals surface area contributed by atoms with Gasteiger partial charge in [0.2, 0.25) is 0 Å². The van der Waals surface area contributed by atoms with Crippen LogP contribution in [0.3, 0.4) is 0 Å². The summed E-state index contributed by atoms with van der Waals surface area (Å²) in [6.45, 7) is 3.36. The molecule has 0 bridgehead atoms. The van der Waals surface area contributed by atoms with Crippen LogP contribution in [-0.4, -0.2) is 33.4 Å². The second-order valence-electron chi connectivity index (χ2n) is 7.63. The Labute approximate surface area is 176 Å². The van der Waals surface area contributed by atoms with Crippen molar-refractivity contribution in [2.45, 2.75) is 13.3 Å². The second kappa shape index (κ2) is 7.64. The first kappa shape index (κ1) is 18.4. The van der Waals surface area contributed by atoms with E-state index < -0.39 is 0 Å². The molecule has 0 unspecified atom stereocenters. The molecule has 0 spiro atoms. The van der Waals surface area contributed by atoms with Gasteiger partial charge in [0.05, 0.1) is 11.0 Å². The highest BCUT2D eigenvalue weighted by Gasteiger charge is 2.20. The zero-order chi connectivity index (χ0) is 20.5. The van der Waals surface area contributed by atoms with Gasteiger partial charge in [-0.05, 0) is 54.8 Å². The van der Waals surface area contributed by atoms with E-state index in [1.807, 2.05) is 54.3 Å². The summed E-state index contributed by atoms with van der Waals surface area (Å²) in [5, 5.41) is 0. The normalized spacial score (nSPS) is 14.0. The van der Waals surface area contributed by atoms with Crippen molar-refractivity contribution in [1.29, 1.82) is 0 Å². The van der Waals surface area contributed by atoms with E-state index in [2.05, 4.69) is 47.0 Å². The maximum absolute atomic E-state index is 13.1. The van der Waals surface area contributed by atoms with Crippen LogP contribution in [0, 0.1) is 6.92 Å². The van der Waals surface area contributed by atoms with Gasteiger partial charge in [-0.1, -0.05) is 54.6 Å². The van der Waals surface area contributed by atoms with Gasteiger partial charge in [0.25, 0.3) is 5.91 Å². The summed E-state index contributed by atoms with van der Waals surface area (Å²) in [4.78, 5) is 19.7. The standard InChI is InChI=1S/C26H23N3O/c1-19-27-24-18-22(12-13-25(24)29(19)23-10-6-3-7-11-23)26(30)28-16-14-21(15-17-28)20-8-4-2-5-9-20/h2-14,18H,15-17H2,1H3. The fourth-order valence-electron chi connectivity index (χ4n) is 4.19. The molecule has 1 aromatic heterocycles. The molecule has 0 aliphatic carbocycles. The quantitative estimate of drug-likeness (QED) is 0.476. The number of imidazole rings is 1. The van der Waals surface area contributed by atoms with Crippen LogP contribution in [0.5, 0.6) is 0 Å². The van der Waals surface area contributed by atoms with Gasteiger partial charge in [0.15, 0.2) is 0 Å². The van der Waals surface area contributed by atoms with Crippen molar-refractivity contribution in [2.24, 2.45) is 0 Å². The molecule has 30 heavy (non-hydrogen) atoms. The van der Waals surface area contributed by atoms with Crippen LogP contribution in [-0.2, 0) is 0 Å². The maximum Gasteiger partial charge on any atom is 0.254 e. The number of rotatable bonds is 3. The van der Waals surface area contributed by atoms with E-state index in [-0.39, 0.29) is 5.91 Å². The number of para-hydroxylation sites is 1. The van der Waals surface area contributed by atoms with E-state index in [0.717, 1.165) is 35.5 Å². The Kier molecular flexibility index (Phi) is 4.68. The van der Waals surface area contributed by atoms with E-state index in [4.69, 9.17) is 4.98 Å². The lowest BCUT2D eigenvalue weighted by Gasteiger charge is -2.26. The van der Waals surface area contributed by atoms with Gasteiger partial charge in [-0.3, -0.25) is 9.36 Å². The summed E-state index contributed by atoms with van der Waals surface area (Å²) < 4.78 is 2.12. The molecule has 1 aliphatic rings. The van der Waals surface area contributed by atoms with Crippen LogP contribution in [0.15, 0.2) is 84.9 Å². The average Bonchev–Trinajstić information content (AvgIpc) is 3.14. The molecule has 148 valence electrons. The smallest absolute Gasteiger partial charge is 0.254 e. The molecule has 4 aromatic rings. The first-order chi connectivity index (χ1) is 14.7. The number of amides is 1. The molecule has 3 aromatic carbocycles. The molecular formula is C26H23N3O. The Morgan fingerprint density at radius 2 is 1.67 bits per heavy atom. The highest BCUT2D eigenvalue weighted by atomic mass is 16.2. The number of nitrogens with zero attached hydrogens (tertiary/aromatic N) is 3. The molecule has 0 saturated heterocycles. The molecule has 2 heterocycles. The summed E-state index contributed by atoms with van der Waals surface area (Å²) in [6.07, 6.45) is 3.04. The van der Waals surface area contributed by atoms with Crippen molar-refractivity contribution in [3.63, 3.8) is 0 Å². The molecule has 5 rings (SSSR count). The van der Waals surface area contributed by atoms with Gasteiger partial charge < -0.3 is 4.90 Å². The molecule has 0 N–H and O–H groups in total. The molecule has 0 atom stereocenters. The number of benzene rings is 3. The predicted molar refractivity (Wildman–Crippen MR) is 121 cm³/mol. The highest BCUT2D eigenvalue weighted by molar-refractivity contribution is 5.98. The monoisotopic (exact) mass is 393 g/mol. The largest absolute Gasteiger partial charge is 0.335 e. The number of fused-ring (bicyclic) bond motifs is 1. The zero-order valence-corrected chi connectivity index (χ0v) is 17.0. The summed E-state index contributed by atoms with van der Waals surface area (Å²) >= 11 is 0. The van der Waals surface area contributed by atoms with Gasteiger partial charge in [-0.25, -0.2) is 4.98 Å². The predicted octanol–water partition coefficient (Wildman–Crippen LogP) is 5.26. The van der Waals surface area contributed by atoms with Crippen molar-refractivity contribution in [3.8, 4) is 5.69 Å². The molecular weight excluding hydrogens is 370 g/mol. The van der Waals surface area contributed by atoms with Crippen molar-refractivity contribution in [1.82, 2.24) is 14.5 Å². The molecule has 4 nitrogen and oxygen atoms in total. The third kappa shape index (κ3) is 3.30. The van der Waals surface area contributed by atoms with Crippen LogP contribution in [0.4, 0.5) is 0 Å². The lowest BCUT2D eigenvalue weighted by atomic mass is 9.99. The van der Waals surface area contributed by atoms with Gasteiger partial charge in [-0.15, -0.1) is 0 Å². The van der Waals surface area contributed by atoms with Crippen molar-refractivity contribution in [2.75, 3.05) is 13.1 Å². The lowest BCUT2D eigenvalue weighted by Crippen LogP contribution is -2.34. The highest BCUT2D eigenvalue weighted by Crippen LogP contribution is 2.25. The average molecular weight is 393 g/mol. The summed E-state index contributed by atoms with van der Waals surface area (Å²) in [5.41, 5.74) is 6.18. The lowest BCUT2D eigenvalue weighted by molar-refractivity contribution is 0.0773. The van der Waals surface area contributed by atoms with Crippen LogP contribution in [0.1, 0.15) is 28.2 Å². The third-order valence-corrected chi connectivity index (χ3v) is 5.72. The zero-order valence-electron chi connectivity index (χ0n) is 17.0. The van der Waals surface area contributed by atoms with Gasteiger partial charge in [-0.2, -0.15) is 0 Å². The van der Waals surface area contributed by atoms with Crippen molar-refractivity contribution in [3.05, 3.63) is 102 Å². The first-order valence-electron chi connectivity index (χ1n) is 10.3. The SMILES string of the molecule is Cc1nc2cc(C(=O)N3CC=C(c4ccccc4)CC3)ccc2n1-c1ccccc1. The molecule has 0 saturated carbocycles. The first-order valence-corrected chi connectivity index (χ1v) is 10.3. The molecule has 0 radical (unpaired) electrons. The van der Waals surface area contributed by atoms with E-state index in [1.165, 1.54) is 11.1 Å². The topological polar surface area (TPSA) is 38.1 Å². The fourth-order valence-corrected chi connectivity index (χ4v) is 4.19. The van der Waals surface area contributed by atoms with E-state index in [9.17, 15) is 4.79 Å². The number of carbonyl (C=O) groups is 1. The van der Waals surface area contributed by atoms with Crippen LogP contribution in [0.25, 0.3) is 22.3 Å². The maximum atomic E-state index is 13.1. The molecule has 0 fully saturated rings. The molecule has 1 amide bonds. The second-order valence-corrected chi connectivity index (χ2v) is 7.63. The van der Waals surface area contributed by atoms with E-state index in [0.29, 0.717) is 12.1 Å². The van der Waals surface area contributed by atoms with Gasteiger partial charge >= 0.3 is 0 Å². The Bertz CT molecular complexity index is 1240. The van der Waals surface area contributed by atoms with Gasteiger partial charge in [0, 0.05) is 24.3 Å². The van der Waals surface area contributed by atoms with E-state index in [1.54, 1.807) is 0 Å². The van der Waals surface area contributed by atoms with Gasteiger partial charge in [0.1, 0.15) is 5.82 Å². The summed E-state index contributed by atoms with van der Waals surface area (Å²) in [6, 6.07) is 26.4. The number of aromatic nitrogens is 2. The minimum atomic E-state index is 0.0622. The molecule has 1 aliphatic heterocycles. The Balaban J connectivity index is 1.40. The minimum absolute atomic E-state index is 0.0622. The number of aryl methyl sites for hydroxylation is 1. The molecule has 4 heteroatoms. The van der Waals surface area contributed by atoms with Crippen molar-refractivity contribution < 1.29 is 4.79 Å². The van der Waals surface area contributed by atoms with Crippen molar-refractivity contribution >= 4 is 22.5 Å². The Morgan fingerprint density at radius 3 is 2.37 bits per heavy atom. The van der Waals surface area contributed by atoms with Crippen LogP contribution < -0.4 is 0 Å². The third-order valence-electron chi connectivity index (χ3n) is 5.72. The number of hydrogen-bond donors (Lipinski definition) is 0. The fraction of sp³-hybridized carbons (Fsp3) is 0.154. The Morgan fingerprint density at radius 1 is 0.933 bits per heavy atom. The number of hydrogen-bond acceptors (Lipinski definition) is 2. The summed E-state index contributed by atoms with van der Waals surface area (Å²) in [7, 11) is 0. The van der Waals surface area contributed by atoms with Crippen LogP contribution in [0.2, 0.25) is 0 Å². The van der Waals surface area contributed by atoms with Crippen LogP contribution >= 0.6 is 0 Å². The minimum Gasteiger partial charge on any atom is -0.335 e. The summed E-state index contributed by atoms with van der Waals surface area (Å²) in [5.74, 6) is 0.974. The number of carbonyl (C=O) groups excluding carboxylic acids is 1.